The SMILES string of the molecule is CCC(=O)Nc1cnc2ccc(Cl)cc2c1-c1ccccc1. The van der Waals surface area contributed by atoms with Crippen molar-refractivity contribution in [3.05, 3.63) is 59.8 Å². The molecule has 22 heavy (non-hydrogen) atoms. The lowest BCUT2D eigenvalue weighted by molar-refractivity contribution is -0.115. The monoisotopic (exact) mass is 310 g/mol. The van der Waals surface area contributed by atoms with Crippen molar-refractivity contribution < 1.29 is 4.79 Å². The van der Waals surface area contributed by atoms with Gasteiger partial charge in [0.1, 0.15) is 0 Å². The van der Waals surface area contributed by atoms with Crippen LogP contribution in [0.5, 0.6) is 0 Å². The van der Waals surface area contributed by atoms with Gasteiger partial charge < -0.3 is 5.32 Å². The number of pyridine rings is 1. The van der Waals surface area contributed by atoms with Crippen LogP contribution in [0.3, 0.4) is 0 Å². The summed E-state index contributed by atoms with van der Waals surface area (Å²) in [7, 11) is 0. The number of rotatable bonds is 3. The Morgan fingerprint density at radius 2 is 1.95 bits per heavy atom. The molecule has 0 atom stereocenters. The maximum absolute atomic E-state index is 11.8. The first kappa shape index (κ1) is 14.5. The Morgan fingerprint density at radius 1 is 1.18 bits per heavy atom. The number of hydrogen-bond donors (Lipinski definition) is 1. The summed E-state index contributed by atoms with van der Waals surface area (Å²) in [6.45, 7) is 1.82. The van der Waals surface area contributed by atoms with Crippen molar-refractivity contribution in [3.8, 4) is 11.1 Å². The van der Waals surface area contributed by atoms with Crippen molar-refractivity contribution in [1.29, 1.82) is 0 Å². The number of hydrogen-bond acceptors (Lipinski definition) is 2. The van der Waals surface area contributed by atoms with Crippen molar-refractivity contribution in [2.24, 2.45) is 0 Å². The van der Waals surface area contributed by atoms with E-state index in [-0.39, 0.29) is 5.91 Å². The Kier molecular flexibility index (Phi) is 4.07. The Labute approximate surface area is 133 Å². The number of fused-ring (bicyclic) bond motifs is 1. The second kappa shape index (κ2) is 6.16. The van der Waals surface area contributed by atoms with Gasteiger partial charge >= 0.3 is 0 Å². The molecular weight excluding hydrogens is 296 g/mol. The van der Waals surface area contributed by atoms with Gasteiger partial charge in [0.15, 0.2) is 0 Å². The normalized spacial score (nSPS) is 10.6. The quantitative estimate of drug-likeness (QED) is 0.747. The van der Waals surface area contributed by atoms with Gasteiger partial charge in [-0.15, -0.1) is 0 Å². The lowest BCUT2D eigenvalue weighted by Crippen LogP contribution is -2.11. The van der Waals surface area contributed by atoms with Crippen LogP contribution in [0.25, 0.3) is 22.0 Å². The Hall–Kier alpha value is -2.39. The fourth-order valence-electron chi connectivity index (χ4n) is 2.41. The third kappa shape index (κ3) is 2.81. The second-order valence-electron chi connectivity index (χ2n) is 4.98. The molecule has 2 aromatic carbocycles. The first-order valence-corrected chi connectivity index (χ1v) is 7.50. The van der Waals surface area contributed by atoms with Gasteiger partial charge in [-0.2, -0.15) is 0 Å². The zero-order valence-electron chi connectivity index (χ0n) is 12.1. The number of amides is 1. The van der Waals surface area contributed by atoms with Gasteiger partial charge in [-0.3, -0.25) is 9.78 Å². The third-order valence-corrected chi connectivity index (χ3v) is 3.72. The predicted octanol–water partition coefficient (Wildman–Crippen LogP) is 4.90. The van der Waals surface area contributed by atoms with Crippen molar-refractivity contribution in [2.45, 2.75) is 13.3 Å². The van der Waals surface area contributed by atoms with E-state index in [2.05, 4.69) is 10.3 Å². The first-order valence-electron chi connectivity index (χ1n) is 7.12. The summed E-state index contributed by atoms with van der Waals surface area (Å²) in [5.74, 6) is -0.0413. The molecule has 0 saturated heterocycles. The lowest BCUT2D eigenvalue weighted by Gasteiger charge is -2.14. The lowest BCUT2D eigenvalue weighted by atomic mass is 9.99. The van der Waals surface area contributed by atoms with Gasteiger partial charge in [0.05, 0.1) is 17.4 Å². The number of nitrogens with zero attached hydrogens (tertiary/aromatic N) is 1. The summed E-state index contributed by atoms with van der Waals surface area (Å²) in [5.41, 5.74) is 3.50. The van der Waals surface area contributed by atoms with Crippen LogP contribution in [0.1, 0.15) is 13.3 Å². The fraction of sp³-hybridized carbons (Fsp3) is 0.111. The van der Waals surface area contributed by atoms with Gasteiger partial charge in [0.25, 0.3) is 0 Å². The predicted molar refractivity (Wildman–Crippen MR) is 91.1 cm³/mol. The first-order chi connectivity index (χ1) is 10.7. The molecule has 0 unspecified atom stereocenters. The minimum absolute atomic E-state index is 0.0413. The van der Waals surface area contributed by atoms with Gasteiger partial charge in [-0.25, -0.2) is 0 Å². The summed E-state index contributed by atoms with van der Waals surface area (Å²) in [6, 6.07) is 15.5. The summed E-state index contributed by atoms with van der Waals surface area (Å²) >= 11 is 6.15. The molecule has 4 heteroatoms. The van der Waals surface area contributed by atoms with Crippen LogP contribution in [0.4, 0.5) is 5.69 Å². The van der Waals surface area contributed by atoms with Crippen LogP contribution in [0, 0.1) is 0 Å². The highest BCUT2D eigenvalue weighted by Crippen LogP contribution is 2.35. The number of anilines is 1. The summed E-state index contributed by atoms with van der Waals surface area (Å²) in [6.07, 6.45) is 2.12. The van der Waals surface area contributed by atoms with Crippen LogP contribution in [-0.2, 0) is 4.79 Å². The highest BCUT2D eigenvalue weighted by Gasteiger charge is 2.13. The van der Waals surface area contributed by atoms with Crippen LogP contribution >= 0.6 is 11.6 Å². The molecule has 0 aliphatic rings. The smallest absolute Gasteiger partial charge is 0.224 e. The summed E-state index contributed by atoms with van der Waals surface area (Å²) < 4.78 is 0. The highest BCUT2D eigenvalue weighted by molar-refractivity contribution is 6.31. The van der Waals surface area contributed by atoms with E-state index < -0.39 is 0 Å². The molecule has 0 saturated carbocycles. The topological polar surface area (TPSA) is 42.0 Å². The standard InChI is InChI=1S/C18H15ClN2O/c1-2-17(22)21-16-11-20-15-9-8-13(19)10-14(15)18(16)12-6-4-3-5-7-12/h3-11H,2H2,1H3,(H,21,22). The van der Waals surface area contributed by atoms with Crippen LogP contribution in [0.2, 0.25) is 5.02 Å². The van der Waals surface area contributed by atoms with E-state index in [4.69, 9.17) is 11.6 Å². The molecule has 3 nitrogen and oxygen atoms in total. The number of nitrogens with one attached hydrogen (secondary N) is 1. The minimum atomic E-state index is -0.0413. The summed E-state index contributed by atoms with van der Waals surface area (Å²) in [5, 5.41) is 4.49. The molecule has 3 aromatic rings. The van der Waals surface area contributed by atoms with Crippen LogP contribution in [-0.4, -0.2) is 10.9 Å². The van der Waals surface area contributed by atoms with Crippen molar-refractivity contribution in [2.75, 3.05) is 5.32 Å². The molecule has 110 valence electrons. The molecule has 0 spiro atoms. The largest absolute Gasteiger partial charge is 0.324 e. The van der Waals surface area contributed by atoms with E-state index >= 15 is 0 Å². The molecule has 1 amide bonds. The van der Waals surface area contributed by atoms with Crippen LogP contribution in [0.15, 0.2) is 54.7 Å². The zero-order valence-corrected chi connectivity index (χ0v) is 12.9. The molecule has 0 aliphatic heterocycles. The Morgan fingerprint density at radius 3 is 2.68 bits per heavy atom. The number of carbonyl (C=O) groups is 1. The maximum Gasteiger partial charge on any atom is 0.224 e. The molecule has 3 rings (SSSR count). The van der Waals surface area contributed by atoms with E-state index in [9.17, 15) is 4.79 Å². The molecule has 1 heterocycles. The van der Waals surface area contributed by atoms with Crippen LogP contribution < -0.4 is 5.32 Å². The van der Waals surface area contributed by atoms with Gasteiger partial charge in [0, 0.05) is 22.4 Å². The highest BCUT2D eigenvalue weighted by atomic mass is 35.5. The minimum Gasteiger partial charge on any atom is -0.324 e. The molecule has 1 aromatic heterocycles. The Balaban J connectivity index is 2.29. The van der Waals surface area contributed by atoms with Crippen molar-refractivity contribution >= 4 is 34.1 Å². The molecule has 0 aliphatic carbocycles. The molecule has 1 N–H and O–H groups in total. The fourth-order valence-corrected chi connectivity index (χ4v) is 2.59. The molecule has 0 fully saturated rings. The van der Waals surface area contributed by atoms with E-state index in [0.717, 1.165) is 22.0 Å². The van der Waals surface area contributed by atoms with E-state index in [0.29, 0.717) is 17.1 Å². The van der Waals surface area contributed by atoms with Gasteiger partial charge in [-0.05, 0) is 23.8 Å². The van der Waals surface area contributed by atoms with E-state index in [1.54, 1.807) is 6.20 Å². The van der Waals surface area contributed by atoms with E-state index in [1.807, 2.05) is 55.5 Å². The van der Waals surface area contributed by atoms with Gasteiger partial charge in [-0.1, -0.05) is 48.9 Å². The van der Waals surface area contributed by atoms with Gasteiger partial charge in [0.2, 0.25) is 5.91 Å². The van der Waals surface area contributed by atoms with E-state index in [1.165, 1.54) is 0 Å². The maximum atomic E-state index is 11.8. The molecular formula is C18H15ClN2O. The molecule has 0 bridgehead atoms. The number of carbonyl (C=O) groups excluding carboxylic acids is 1. The number of aromatic nitrogens is 1. The average Bonchev–Trinajstić information content (AvgIpc) is 2.55. The average molecular weight is 311 g/mol. The number of halogens is 1. The summed E-state index contributed by atoms with van der Waals surface area (Å²) in [4.78, 5) is 16.2. The van der Waals surface area contributed by atoms with Crippen molar-refractivity contribution in [1.82, 2.24) is 4.98 Å². The van der Waals surface area contributed by atoms with Crippen molar-refractivity contribution in [3.63, 3.8) is 0 Å². The number of benzene rings is 2. The molecule has 0 radical (unpaired) electrons. The Bertz CT molecular complexity index is 831. The second-order valence-corrected chi connectivity index (χ2v) is 5.41. The third-order valence-electron chi connectivity index (χ3n) is 3.49. The zero-order chi connectivity index (χ0) is 15.5.